The lowest BCUT2D eigenvalue weighted by Crippen LogP contribution is -2.24. The van der Waals surface area contributed by atoms with E-state index in [4.69, 9.17) is 0 Å². The van der Waals surface area contributed by atoms with Gasteiger partial charge >= 0.3 is 0 Å². The summed E-state index contributed by atoms with van der Waals surface area (Å²) in [4.78, 5) is 6.84. The Balaban J connectivity index is 1.51. The smallest absolute Gasteiger partial charge is 0.0947 e. The van der Waals surface area contributed by atoms with Crippen LogP contribution in [0.25, 0.3) is 0 Å². The number of aryl methyl sites for hydroxylation is 1. The van der Waals surface area contributed by atoms with Gasteiger partial charge in [0.2, 0.25) is 0 Å². The van der Waals surface area contributed by atoms with Gasteiger partial charge in [-0.2, -0.15) is 0 Å². The fourth-order valence-electron chi connectivity index (χ4n) is 2.21. The first-order chi connectivity index (χ1) is 7.84. The van der Waals surface area contributed by atoms with Gasteiger partial charge in [0.05, 0.1) is 12.0 Å². The van der Waals surface area contributed by atoms with Crippen LogP contribution >= 0.6 is 0 Å². The zero-order valence-corrected chi connectivity index (χ0v) is 10.2. The Hall–Kier alpha value is -0.870. The maximum absolute atomic E-state index is 4.28. The normalized spacial score (nSPS) is 17.1. The molecular weight excluding hydrogens is 200 g/mol. The molecule has 4 nitrogen and oxygen atoms in total. The summed E-state index contributed by atoms with van der Waals surface area (Å²) in [7, 11) is 2.00. The highest BCUT2D eigenvalue weighted by Crippen LogP contribution is 2.06. The number of rotatable bonds is 6. The quantitative estimate of drug-likeness (QED) is 0.729. The first-order valence-corrected chi connectivity index (χ1v) is 6.24. The van der Waals surface area contributed by atoms with Crippen molar-refractivity contribution in [3.05, 3.63) is 18.2 Å². The number of nitrogens with zero attached hydrogens (tertiary/aromatic N) is 3. The largest absolute Gasteiger partial charge is 0.340 e. The Bertz CT molecular complexity index is 302. The number of imidazole rings is 1. The highest BCUT2D eigenvalue weighted by atomic mass is 15.1. The molecular formula is C12H22N4. The van der Waals surface area contributed by atoms with Gasteiger partial charge in [0, 0.05) is 19.8 Å². The molecule has 90 valence electrons. The van der Waals surface area contributed by atoms with E-state index in [1.165, 1.54) is 38.9 Å². The van der Waals surface area contributed by atoms with Crippen molar-refractivity contribution in [1.82, 2.24) is 19.8 Å². The maximum atomic E-state index is 4.28. The zero-order valence-electron chi connectivity index (χ0n) is 10.2. The monoisotopic (exact) mass is 222 g/mol. The molecule has 0 radical (unpaired) electrons. The van der Waals surface area contributed by atoms with Crippen molar-refractivity contribution in [2.75, 3.05) is 26.2 Å². The zero-order chi connectivity index (χ0) is 11.2. The molecule has 1 aliphatic rings. The summed E-state index contributed by atoms with van der Waals surface area (Å²) < 4.78 is 1.99. The SMILES string of the molecule is Cn1cnc(CNCCCN2CCCC2)c1. The fourth-order valence-corrected chi connectivity index (χ4v) is 2.21. The summed E-state index contributed by atoms with van der Waals surface area (Å²) in [6.45, 7) is 5.84. The minimum absolute atomic E-state index is 0.890. The van der Waals surface area contributed by atoms with Gasteiger partial charge < -0.3 is 14.8 Å². The van der Waals surface area contributed by atoms with Crippen LogP contribution in [0.3, 0.4) is 0 Å². The molecule has 0 saturated carbocycles. The van der Waals surface area contributed by atoms with E-state index in [1.54, 1.807) is 0 Å². The highest BCUT2D eigenvalue weighted by molar-refractivity contribution is 4.95. The molecule has 2 heterocycles. The van der Waals surface area contributed by atoms with Crippen molar-refractivity contribution in [3.8, 4) is 0 Å². The molecule has 1 aromatic heterocycles. The van der Waals surface area contributed by atoms with Crippen LogP contribution in [-0.2, 0) is 13.6 Å². The van der Waals surface area contributed by atoms with Crippen LogP contribution in [-0.4, -0.2) is 40.6 Å². The second kappa shape index (κ2) is 6.01. The molecule has 1 aromatic rings. The Morgan fingerprint density at radius 3 is 2.88 bits per heavy atom. The Morgan fingerprint density at radius 1 is 1.38 bits per heavy atom. The number of likely N-dealkylation sites (tertiary alicyclic amines) is 1. The van der Waals surface area contributed by atoms with E-state index < -0.39 is 0 Å². The molecule has 1 aliphatic heterocycles. The Kier molecular flexibility index (Phi) is 4.36. The van der Waals surface area contributed by atoms with Crippen LogP contribution < -0.4 is 5.32 Å². The molecule has 1 saturated heterocycles. The fraction of sp³-hybridized carbons (Fsp3) is 0.750. The number of hydrogen-bond acceptors (Lipinski definition) is 3. The van der Waals surface area contributed by atoms with E-state index in [1.807, 2.05) is 17.9 Å². The highest BCUT2D eigenvalue weighted by Gasteiger charge is 2.09. The van der Waals surface area contributed by atoms with E-state index >= 15 is 0 Å². The molecule has 0 spiro atoms. The average Bonchev–Trinajstić information content (AvgIpc) is 2.89. The van der Waals surface area contributed by atoms with E-state index in [9.17, 15) is 0 Å². The summed E-state index contributed by atoms with van der Waals surface area (Å²) in [5.74, 6) is 0. The Labute approximate surface area is 97.7 Å². The average molecular weight is 222 g/mol. The molecule has 0 unspecified atom stereocenters. The molecule has 1 N–H and O–H groups in total. The maximum Gasteiger partial charge on any atom is 0.0947 e. The van der Waals surface area contributed by atoms with Crippen molar-refractivity contribution in [3.63, 3.8) is 0 Å². The summed E-state index contributed by atoms with van der Waals surface area (Å²) in [6.07, 6.45) is 7.93. The lowest BCUT2D eigenvalue weighted by atomic mass is 10.3. The number of aromatic nitrogens is 2. The number of nitrogens with one attached hydrogen (secondary N) is 1. The molecule has 0 aromatic carbocycles. The first-order valence-electron chi connectivity index (χ1n) is 6.24. The van der Waals surface area contributed by atoms with Gasteiger partial charge in [0.15, 0.2) is 0 Å². The molecule has 0 atom stereocenters. The second-order valence-corrected chi connectivity index (χ2v) is 4.61. The van der Waals surface area contributed by atoms with Crippen LogP contribution in [0.15, 0.2) is 12.5 Å². The van der Waals surface area contributed by atoms with Gasteiger partial charge in [-0.25, -0.2) is 4.98 Å². The van der Waals surface area contributed by atoms with Gasteiger partial charge in [-0.1, -0.05) is 0 Å². The third kappa shape index (κ3) is 3.61. The van der Waals surface area contributed by atoms with Gasteiger partial charge in [-0.05, 0) is 45.4 Å². The van der Waals surface area contributed by atoms with Crippen molar-refractivity contribution in [2.24, 2.45) is 7.05 Å². The first kappa shape index (κ1) is 11.6. The molecule has 1 fully saturated rings. The Morgan fingerprint density at radius 2 is 2.19 bits per heavy atom. The summed E-state index contributed by atoms with van der Waals surface area (Å²) in [5, 5.41) is 3.44. The van der Waals surface area contributed by atoms with Gasteiger partial charge in [-0.15, -0.1) is 0 Å². The topological polar surface area (TPSA) is 33.1 Å². The predicted octanol–water partition coefficient (Wildman–Crippen LogP) is 0.996. The predicted molar refractivity (Wildman–Crippen MR) is 65.2 cm³/mol. The second-order valence-electron chi connectivity index (χ2n) is 4.61. The van der Waals surface area contributed by atoms with Crippen molar-refractivity contribution in [2.45, 2.75) is 25.8 Å². The van der Waals surface area contributed by atoms with Crippen LogP contribution in [0.2, 0.25) is 0 Å². The number of hydrogen-bond donors (Lipinski definition) is 1. The van der Waals surface area contributed by atoms with Crippen LogP contribution in [0.1, 0.15) is 25.0 Å². The molecule has 0 aliphatic carbocycles. The summed E-state index contributed by atoms with van der Waals surface area (Å²) in [6, 6.07) is 0. The van der Waals surface area contributed by atoms with Crippen LogP contribution in [0.4, 0.5) is 0 Å². The molecule has 16 heavy (non-hydrogen) atoms. The van der Waals surface area contributed by atoms with Crippen molar-refractivity contribution < 1.29 is 0 Å². The third-order valence-corrected chi connectivity index (χ3v) is 3.09. The lowest BCUT2D eigenvalue weighted by Gasteiger charge is -2.13. The van der Waals surface area contributed by atoms with Crippen molar-refractivity contribution >= 4 is 0 Å². The van der Waals surface area contributed by atoms with E-state index in [0.717, 1.165) is 18.8 Å². The van der Waals surface area contributed by atoms with Gasteiger partial charge in [-0.3, -0.25) is 0 Å². The standard InChI is InChI=1S/C12H22N4/c1-15-10-12(14-11-15)9-13-5-4-8-16-6-2-3-7-16/h10-11,13H,2-9H2,1H3. The molecule has 0 amide bonds. The van der Waals surface area contributed by atoms with Crippen molar-refractivity contribution in [1.29, 1.82) is 0 Å². The van der Waals surface area contributed by atoms with E-state index in [2.05, 4.69) is 21.4 Å². The van der Waals surface area contributed by atoms with Gasteiger partial charge in [0.1, 0.15) is 0 Å². The molecule has 2 rings (SSSR count). The van der Waals surface area contributed by atoms with Gasteiger partial charge in [0.25, 0.3) is 0 Å². The third-order valence-electron chi connectivity index (χ3n) is 3.09. The van der Waals surface area contributed by atoms with E-state index in [-0.39, 0.29) is 0 Å². The minimum Gasteiger partial charge on any atom is -0.340 e. The minimum atomic E-state index is 0.890. The summed E-state index contributed by atoms with van der Waals surface area (Å²) >= 11 is 0. The van der Waals surface area contributed by atoms with Crippen LogP contribution in [0.5, 0.6) is 0 Å². The summed E-state index contributed by atoms with van der Waals surface area (Å²) in [5.41, 5.74) is 1.13. The van der Waals surface area contributed by atoms with Crippen LogP contribution in [0, 0.1) is 0 Å². The molecule has 4 heteroatoms. The molecule has 0 bridgehead atoms. The lowest BCUT2D eigenvalue weighted by molar-refractivity contribution is 0.331. The van der Waals surface area contributed by atoms with E-state index in [0.29, 0.717) is 0 Å².